The zero-order valence-corrected chi connectivity index (χ0v) is 11.1. The molecule has 0 aromatic heterocycles. The van der Waals surface area contributed by atoms with Crippen molar-refractivity contribution >= 4 is 5.91 Å². The summed E-state index contributed by atoms with van der Waals surface area (Å²) in [6.07, 6.45) is 0.480. The zero-order chi connectivity index (χ0) is 13.8. The van der Waals surface area contributed by atoms with Gasteiger partial charge in [0.05, 0.1) is 6.10 Å². The number of aliphatic hydroxyl groups excluding tert-OH is 1. The highest BCUT2D eigenvalue weighted by Crippen LogP contribution is 2.27. The van der Waals surface area contributed by atoms with Gasteiger partial charge in [-0.25, -0.2) is 5.84 Å². The summed E-state index contributed by atoms with van der Waals surface area (Å²) in [6.45, 7) is 3.31. The second-order valence-electron chi connectivity index (χ2n) is 5.15. The minimum absolute atomic E-state index is 0.243. The number of aliphatic hydroxyl groups is 1. The third-order valence-corrected chi connectivity index (χ3v) is 3.82. The van der Waals surface area contributed by atoms with Crippen LogP contribution in [0.3, 0.4) is 0 Å². The van der Waals surface area contributed by atoms with E-state index in [1.54, 1.807) is 0 Å². The lowest BCUT2D eigenvalue weighted by Gasteiger charge is -2.38. The van der Waals surface area contributed by atoms with E-state index in [1.165, 1.54) is 0 Å². The van der Waals surface area contributed by atoms with E-state index >= 15 is 0 Å². The third-order valence-electron chi connectivity index (χ3n) is 3.82. The van der Waals surface area contributed by atoms with E-state index in [9.17, 15) is 9.90 Å². The van der Waals surface area contributed by atoms with Crippen molar-refractivity contribution in [2.45, 2.75) is 25.5 Å². The molecule has 4 N–H and O–H groups in total. The molecule has 1 fully saturated rings. The molecule has 1 saturated heterocycles. The van der Waals surface area contributed by atoms with E-state index in [0.29, 0.717) is 6.54 Å². The van der Waals surface area contributed by atoms with Crippen LogP contribution in [0, 0.1) is 5.92 Å². The summed E-state index contributed by atoms with van der Waals surface area (Å²) in [5, 5.41) is 9.99. The number of nitrogens with two attached hydrogens (primary N) is 1. The van der Waals surface area contributed by atoms with E-state index in [0.717, 1.165) is 18.5 Å². The Morgan fingerprint density at radius 1 is 1.47 bits per heavy atom. The molecule has 3 unspecified atom stereocenters. The number of nitrogens with zero attached hydrogens (tertiary/aromatic N) is 1. The molecule has 0 saturated carbocycles. The average molecular weight is 263 g/mol. The summed E-state index contributed by atoms with van der Waals surface area (Å²) < 4.78 is 0. The molecule has 1 heterocycles. The maximum absolute atomic E-state index is 12.0. The van der Waals surface area contributed by atoms with Crippen LogP contribution in [0.15, 0.2) is 30.3 Å². The quantitative estimate of drug-likeness (QED) is 0.419. The maximum atomic E-state index is 12.0. The van der Waals surface area contributed by atoms with Gasteiger partial charge in [0.2, 0.25) is 0 Å². The molecule has 0 spiro atoms. The van der Waals surface area contributed by atoms with Gasteiger partial charge in [0.25, 0.3) is 5.91 Å². The monoisotopic (exact) mass is 263 g/mol. The number of hydrazine groups is 1. The molecule has 104 valence electrons. The van der Waals surface area contributed by atoms with E-state index in [4.69, 9.17) is 5.84 Å². The number of piperidine rings is 1. The summed E-state index contributed by atoms with van der Waals surface area (Å²) in [5.41, 5.74) is 3.12. The van der Waals surface area contributed by atoms with Crippen LogP contribution in [-0.4, -0.2) is 35.1 Å². The van der Waals surface area contributed by atoms with Crippen LogP contribution >= 0.6 is 0 Å². The Kier molecular flexibility index (Phi) is 4.52. The summed E-state index contributed by atoms with van der Waals surface area (Å²) in [5.74, 6) is 5.32. The summed E-state index contributed by atoms with van der Waals surface area (Å²) in [7, 11) is 0. The van der Waals surface area contributed by atoms with Crippen LogP contribution in [0.4, 0.5) is 0 Å². The van der Waals surface area contributed by atoms with Gasteiger partial charge in [-0.15, -0.1) is 0 Å². The van der Waals surface area contributed by atoms with Crippen LogP contribution in [0.2, 0.25) is 0 Å². The predicted octanol–water partition coefficient (Wildman–Crippen LogP) is 0.420. The van der Waals surface area contributed by atoms with Crippen molar-refractivity contribution in [1.82, 2.24) is 10.3 Å². The van der Waals surface area contributed by atoms with Gasteiger partial charge in [0, 0.05) is 6.54 Å². The van der Waals surface area contributed by atoms with Crippen molar-refractivity contribution in [3.05, 3.63) is 35.9 Å². The number of β-amino-alcohol motifs (C(OH)–C–C–N with tert-alkyl or cyclic N) is 1. The number of amides is 1. The number of carbonyl (C=O) groups excluding carboxylic acids is 1. The van der Waals surface area contributed by atoms with Gasteiger partial charge in [-0.2, -0.15) is 0 Å². The normalized spacial score (nSPS) is 25.8. The van der Waals surface area contributed by atoms with Crippen LogP contribution in [0.1, 0.15) is 24.9 Å². The van der Waals surface area contributed by atoms with Gasteiger partial charge in [0.1, 0.15) is 6.04 Å². The molecule has 1 aliphatic rings. The topological polar surface area (TPSA) is 78.6 Å². The number of rotatable bonds is 3. The Labute approximate surface area is 113 Å². The highest BCUT2D eigenvalue weighted by Gasteiger charge is 2.33. The number of hydrogen-bond donors (Lipinski definition) is 3. The number of carbonyl (C=O) groups is 1. The second kappa shape index (κ2) is 6.14. The van der Waals surface area contributed by atoms with Crippen LogP contribution in [-0.2, 0) is 4.79 Å². The lowest BCUT2D eigenvalue weighted by molar-refractivity contribution is -0.128. The Hall–Kier alpha value is -1.43. The Morgan fingerprint density at radius 3 is 2.74 bits per heavy atom. The molecular weight excluding hydrogens is 242 g/mol. The van der Waals surface area contributed by atoms with Crippen molar-refractivity contribution in [3.8, 4) is 0 Å². The fraction of sp³-hybridized carbons (Fsp3) is 0.500. The highest BCUT2D eigenvalue weighted by atomic mass is 16.3. The van der Waals surface area contributed by atoms with Gasteiger partial charge < -0.3 is 5.11 Å². The molecule has 0 radical (unpaired) electrons. The van der Waals surface area contributed by atoms with E-state index < -0.39 is 12.1 Å². The molecule has 1 amide bonds. The lowest BCUT2D eigenvalue weighted by Crippen LogP contribution is -2.50. The van der Waals surface area contributed by atoms with Crippen LogP contribution in [0.5, 0.6) is 0 Å². The van der Waals surface area contributed by atoms with Gasteiger partial charge >= 0.3 is 0 Å². The number of benzene rings is 1. The highest BCUT2D eigenvalue weighted by molar-refractivity contribution is 5.82. The number of hydrogen-bond acceptors (Lipinski definition) is 4. The minimum Gasteiger partial charge on any atom is -0.392 e. The van der Waals surface area contributed by atoms with Crippen LogP contribution < -0.4 is 11.3 Å². The zero-order valence-electron chi connectivity index (χ0n) is 11.1. The first-order valence-electron chi connectivity index (χ1n) is 6.61. The SMILES string of the molecule is CC1CCN(C(C(=O)NN)c2ccccc2)CC1O. The number of nitrogens with one attached hydrogen (secondary N) is 1. The van der Waals surface area contributed by atoms with E-state index in [1.807, 2.05) is 42.2 Å². The maximum Gasteiger partial charge on any atom is 0.255 e. The molecule has 2 rings (SSSR count). The Morgan fingerprint density at radius 2 is 2.16 bits per heavy atom. The van der Waals surface area contributed by atoms with E-state index in [-0.39, 0.29) is 11.8 Å². The minimum atomic E-state index is -0.437. The summed E-state index contributed by atoms with van der Waals surface area (Å²) >= 11 is 0. The molecule has 1 aromatic carbocycles. The Balaban J connectivity index is 2.22. The molecule has 3 atom stereocenters. The van der Waals surface area contributed by atoms with Crippen molar-refractivity contribution in [2.75, 3.05) is 13.1 Å². The smallest absolute Gasteiger partial charge is 0.255 e. The van der Waals surface area contributed by atoms with Crippen molar-refractivity contribution < 1.29 is 9.90 Å². The average Bonchev–Trinajstić information content (AvgIpc) is 2.44. The molecule has 1 aromatic rings. The first kappa shape index (κ1) is 14.0. The van der Waals surface area contributed by atoms with Crippen LogP contribution in [0.25, 0.3) is 0 Å². The predicted molar refractivity (Wildman–Crippen MR) is 72.9 cm³/mol. The third kappa shape index (κ3) is 3.12. The molecular formula is C14H21N3O2. The Bertz CT molecular complexity index is 424. The van der Waals surface area contributed by atoms with E-state index in [2.05, 4.69) is 5.43 Å². The molecule has 19 heavy (non-hydrogen) atoms. The standard InChI is InChI=1S/C14H21N3O2/c1-10-7-8-17(9-12(10)18)13(14(19)16-15)11-5-3-2-4-6-11/h2-6,10,12-13,18H,7-9,15H2,1H3,(H,16,19). The van der Waals surface area contributed by atoms with Crippen molar-refractivity contribution in [2.24, 2.45) is 11.8 Å². The fourth-order valence-corrected chi connectivity index (χ4v) is 2.55. The molecule has 0 bridgehead atoms. The fourth-order valence-electron chi connectivity index (χ4n) is 2.55. The van der Waals surface area contributed by atoms with Gasteiger partial charge in [0.15, 0.2) is 0 Å². The molecule has 1 aliphatic heterocycles. The number of likely N-dealkylation sites (tertiary alicyclic amines) is 1. The second-order valence-corrected chi connectivity index (χ2v) is 5.15. The van der Waals surface area contributed by atoms with Crippen molar-refractivity contribution in [1.29, 1.82) is 0 Å². The molecule has 0 aliphatic carbocycles. The molecule has 5 nitrogen and oxygen atoms in total. The lowest BCUT2D eigenvalue weighted by atomic mass is 9.93. The summed E-state index contributed by atoms with van der Waals surface area (Å²) in [4.78, 5) is 14.0. The van der Waals surface area contributed by atoms with Crippen molar-refractivity contribution in [3.63, 3.8) is 0 Å². The molecule has 5 heteroatoms. The first-order valence-corrected chi connectivity index (χ1v) is 6.61. The first-order chi connectivity index (χ1) is 9.13. The van der Waals surface area contributed by atoms with Gasteiger partial charge in [-0.1, -0.05) is 37.3 Å². The summed E-state index contributed by atoms with van der Waals surface area (Å²) in [6, 6.07) is 9.08. The van der Waals surface area contributed by atoms with Gasteiger partial charge in [-0.3, -0.25) is 15.1 Å². The largest absolute Gasteiger partial charge is 0.392 e. The van der Waals surface area contributed by atoms with Gasteiger partial charge in [-0.05, 0) is 24.4 Å².